The van der Waals surface area contributed by atoms with Gasteiger partial charge in [0, 0.05) is 5.56 Å². The summed E-state index contributed by atoms with van der Waals surface area (Å²) in [4.78, 5) is 0. The number of hydrogen-bond acceptors (Lipinski definition) is 5. The van der Waals surface area contributed by atoms with E-state index in [2.05, 4.69) is 36.3 Å². The number of hydrogen-bond donors (Lipinski definition) is 1. The van der Waals surface area contributed by atoms with Crippen molar-refractivity contribution < 1.29 is 13.5 Å². The Morgan fingerprint density at radius 2 is 2.14 bits per heavy atom. The first kappa shape index (κ1) is 20.3. The van der Waals surface area contributed by atoms with E-state index in [-0.39, 0.29) is 4.77 Å². The van der Waals surface area contributed by atoms with Gasteiger partial charge in [-0.25, -0.2) is 13.9 Å². The van der Waals surface area contributed by atoms with E-state index in [4.69, 9.17) is 17.0 Å². The predicted octanol–water partition coefficient (Wildman–Crippen LogP) is 4.39. The third-order valence-corrected chi connectivity index (χ3v) is 5.52. The molecule has 0 saturated carbocycles. The van der Waals surface area contributed by atoms with Crippen LogP contribution in [0.1, 0.15) is 34.8 Å². The topological polar surface area (TPSA) is 73.0 Å². The smallest absolute Gasteiger partial charge is 0.299 e. The van der Waals surface area contributed by atoms with Crippen LogP contribution in [-0.4, -0.2) is 38.0 Å². The number of nitrogens with zero attached hydrogens (tertiary/aromatic N) is 5. The maximum Gasteiger partial charge on any atom is 0.299 e. The van der Waals surface area contributed by atoms with Crippen molar-refractivity contribution in [3.8, 4) is 5.75 Å². The fourth-order valence-corrected chi connectivity index (χ4v) is 3.14. The van der Waals surface area contributed by atoms with E-state index >= 15 is 0 Å². The van der Waals surface area contributed by atoms with E-state index in [9.17, 15) is 8.78 Å². The van der Waals surface area contributed by atoms with E-state index in [1.54, 1.807) is 19.2 Å². The van der Waals surface area contributed by atoms with Crippen LogP contribution < -0.4 is 4.74 Å². The lowest BCUT2D eigenvalue weighted by Crippen LogP contribution is -2.06. The normalized spacial score (nSPS) is 11.7. The van der Waals surface area contributed by atoms with Gasteiger partial charge in [0.1, 0.15) is 5.75 Å². The van der Waals surface area contributed by atoms with Crippen molar-refractivity contribution in [1.29, 1.82) is 0 Å². The molecule has 3 aromatic rings. The van der Waals surface area contributed by atoms with Gasteiger partial charge in [-0.1, -0.05) is 0 Å². The molecule has 2 aromatic heterocycles. The summed E-state index contributed by atoms with van der Waals surface area (Å²) in [5.41, 5.74) is 3.45. The number of aryl methyl sites for hydroxylation is 1. The van der Waals surface area contributed by atoms with Crippen molar-refractivity contribution in [3.63, 3.8) is 0 Å². The molecule has 1 aromatic carbocycles. The van der Waals surface area contributed by atoms with Crippen LogP contribution in [0.3, 0.4) is 0 Å². The minimum atomic E-state index is -2.79. The summed E-state index contributed by atoms with van der Waals surface area (Å²) in [6, 6.07) is 5.42. The van der Waals surface area contributed by atoms with Gasteiger partial charge >= 0.3 is 0 Å². The highest BCUT2D eigenvalue weighted by atomic mass is 79.9. The van der Waals surface area contributed by atoms with Gasteiger partial charge < -0.3 is 4.74 Å². The zero-order valence-corrected chi connectivity index (χ0v) is 17.7. The molecule has 0 fully saturated rings. The number of methoxy groups -OCH3 is 1. The van der Waals surface area contributed by atoms with Crippen LogP contribution in [0.4, 0.5) is 8.78 Å². The summed E-state index contributed by atoms with van der Waals surface area (Å²) in [7, 11) is 1.59. The van der Waals surface area contributed by atoms with Crippen molar-refractivity contribution in [2.75, 3.05) is 7.11 Å². The largest absolute Gasteiger partial charge is 0.496 e. The molecule has 0 aliphatic rings. The minimum absolute atomic E-state index is 0.00669. The monoisotopic (exact) mass is 470 g/mol. The predicted molar refractivity (Wildman–Crippen MR) is 107 cm³/mol. The molecule has 3 rings (SSSR count). The number of alkyl halides is 2. The summed E-state index contributed by atoms with van der Waals surface area (Å²) in [6.07, 6.45) is -1.35. The number of nitrogens with one attached hydrogen (secondary N) is 1. The maximum atomic E-state index is 13.0. The Morgan fingerprint density at radius 1 is 1.39 bits per heavy atom. The number of halogens is 3. The molecule has 0 aliphatic carbocycles. The molecule has 0 aliphatic heterocycles. The Morgan fingerprint density at radius 3 is 2.75 bits per heavy atom. The fourth-order valence-electron chi connectivity index (χ4n) is 2.67. The standard InChI is InChI=1S/C17H17BrF2N6OS/c1-9-14(18)10(2)25(24-9)8-12-6-11(4-5-13(12)27-3)7-21-26-16(15(19)20)22-23-17(26)28/h4-7,15H,8H2,1-3H3,(H,23,28)/b21-7+. The highest BCUT2D eigenvalue weighted by Gasteiger charge is 2.16. The number of H-pyrrole nitrogens is 1. The molecule has 0 atom stereocenters. The van der Waals surface area contributed by atoms with Crippen molar-refractivity contribution in [2.45, 2.75) is 26.8 Å². The molecule has 2 heterocycles. The summed E-state index contributed by atoms with van der Waals surface area (Å²) in [6.45, 7) is 4.37. The Hall–Kier alpha value is -2.40. The van der Waals surface area contributed by atoms with Gasteiger partial charge in [0.15, 0.2) is 0 Å². The Labute approximate surface area is 173 Å². The third kappa shape index (κ3) is 4.04. The van der Waals surface area contributed by atoms with Crippen LogP contribution >= 0.6 is 28.1 Å². The number of rotatable bonds is 6. The zero-order chi connectivity index (χ0) is 20.4. The van der Waals surface area contributed by atoms with Crippen molar-refractivity contribution in [1.82, 2.24) is 24.7 Å². The second-order valence-corrected chi connectivity index (χ2v) is 7.14. The number of benzene rings is 1. The van der Waals surface area contributed by atoms with Crippen LogP contribution in [0, 0.1) is 18.6 Å². The van der Waals surface area contributed by atoms with Gasteiger partial charge in [-0.3, -0.25) is 4.68 Å². The molecular weight excluding hydrogens is 454 g/mol. The van der Waals surface area contributed by atoms with Gasteiger partial charge in [0.25, 0.3) is 6.43 Å². The van der Waals surface area contributed by atoms with E-state index < -0.39 is 12.2 Å². The Bertz CT molecular complexity index is 1090. The van der Waals surface area contributed by atoms with Gasteiger partial charge in [-0.05, 0) is 65.8 Å². The number of ether oxygens (including phenoxy) is 1. The molecule has 11 heteroatoms. The first-order valence-electron chi connectivity index (χ1n) is 8.18. The van der Waals surface area contributed by atoms with Crippen LogP contribution in [-0.2, 0) is 6.54 Å². The molecule has 0 radical (unpaired) electrons. The van der Waals surface area contributed by atoms with Crippen molar-refractivity contribution >= 4 is 34.4 Å². The Kier molecular flexibility index (Phi) is 6.04. The van der Waals surface area contributed by atoms with Crippen LogP contribution in [0.15, 0.2) is 27.8 Å². The van der Waals surface area contributed by atoms with Gasteiger partial charge in [0.05, 0.1) is 35.7 Å². The van der Waals surface area contributed by atoms with Crippen LogP contribution in [0.25, 0.3) is 0 Å². The summed E-state index contributed by atoms with van der Waals surface area (Å²) < 4.78 is 35.1. The van der Waals surface area contributed by atoms with Crippen LogP contribution in [0.2, 0.25) is 0 Å². The van der Waals surface area contributed by atoms with Crippen molar-refractivity contribution in [2.24, 2.45) is 5.10 Å². The lowest BCUT2D eigenvalue weighted by molar-refractivity contribution is 0.136. The quantitative estimate of drug-likeness (QED) is 0.428. The van der Waals surface area contributed by atoms with Gasteiger partial charge in [0.2, 0.25) is 10.6 Å². The third-order valence-electron chi connectivity index (χ3n) is 4.11. The molecule has 148 valence electrons. The molecule has 7 nitrogen and oxygen atoms in total. The van der Waals surface area contributed by atoms with E-state index in [1.165, 1.54) is 6.21 Å². The average molecular weight is 471 g/mol. The van der Waals surface area contributed by atoms with Gasteiger partial charge in [-0.2, -0.15) is 20.0 Å². The molecule has 1 N–H and O–H groups in total. The first-order chi connectivity index (χ1) is 13.3. The highest BCUT2D eigenvalue weighted by molar-refractivity contribution is 9.10. The van der Waals surface area contributed by atoms with E-state index in [0.717, 1.165) is 26.1 Å². The second kappa shape index (κ2) is 8.31. The Balaban J connectivity index is 1.94. The molecule has 0 unspecified atom stereocenters. The summed E-state index contributed by atoms with van der Waals surface area (Å²) in [5.74, 6) is 0.150. The lowest BCUT2D eigenvalue weighted by Gasteiger charge is -2.11. The molecule has 0 spiro atoms. The fraction of sp³-hybridized carbons (Fsp3) is 0.294. The number of aromatic nitrogens is 5. The molecule has 0 amide bonds. The molecular formula is C17H17BrF2N6OS. The molecule has 0 bridgehead atoms. The average Bonchev–Trinajstić information content (AvgIpc) is 3.15. The summed E-state index contributed by atoms with van der Waals surface area (Å²) >= 11 is 8.47. The lowest BCUT2D eigenvalue weighted by atomic mass is 10.1. The zero-order valence-electron chi connectivity index (χ0n) is 15.3. The highest BCUT2D eigenvalue weighted by Crippen LogP contribution is 2.25. The molecule has 28 heavy (non-hydrogen) atoms. The second-order valence-electron chi connectivity index (χ2n) is 5.96. The first-order valence-corrected chi connectivity index (χ1v) is 9.38. The SMILES string of the molecule is COc1ccc(/C=N/n2c(C(F)F)n[nH]c2=S)cc1Cn1nc(C)c(Br)c1C. The van der Waals surface area contributed by atoms with Crippen molar-refractivity contribution in [3.05, 3.63) is 55.8 Å². The van der Waals surface area contributed by atoms with E-state index in [0.29, 0.717) is 17.9 Å². The minimum Gasteiger partial charge on any atom is -0.496 e. The van der Waals surface area contributed by atoms with E-state index in [1.807, 2.05) is 24.6 Å². The van der Waals surface area contributed by atoms with Crippen LogP contribution in [0.5, 0.6) is 5.75 Å². The summed E-state index contributed by atoms with van der Waals surface area (Å²) in [5, 5.41) is 14.4. The number of aromatic amines is 1. The maximum absolute atomic E-state index is 13.0. The van der Waals surface area contributed by atoms with Gasteiger partial charge in [-0.15, -0.1) is 0 Å². The molecule has 0 saturated heterocycles.